The van der Waals surface area contributed by atoms with Crippen LogP contribution < -0.4 is 10.1 Å². The van der Waals surface area contributed by atoms with Gasteiger partial charge in [-0.15, -0.1) is 0 Å². The van der Waals surface area contributed by atoms with Crippen molar-refractivity contribution in [3.8, 4) is 5.75 Å². The molecule has 1 N–H and O–H groups in total. The molecule has 1 aromatic rings. The Labute approximate surface area is 112 Å². The number of nitrogens with one attached hydrogen (secondary N) is 1. The molecule has 0 heterocycles. The van der Waals surface area contributed by atoms with Crippen LogP contribution in [0, 0.1) is 10.1 Å². The Bertz CT molecular complexity index is 435. The van der Waals surface area contributed by atoms with Crippen LogP contribution in [0.2, 0.25) is 0 Å². The number of methoxy groups -OCH3 is 1. The Kier molecular flexibility index (Phi) is 6.56. The van der Waals surface area contributed by atoms with Crippen LogP contribution in [0.25, 0.3) is 0 Å². The Balaban J connectivity index is 2.77. The van der Waals surface area contributed by atoms with Gasteiger partial charge in [0.15, 0.2) is 0 Å². The fourth-order valence-electron chi connectivity index (χ4n) is 1.50. The van der Waals surface area contributed by atoms with Crippen molar-refractivity contribution in [2.24, 2.45) is 0 Å². The number of hydrogen-bond acceptors (Lipinski definition) is 5. The topological polar surface area (TPSA) is 73.6 Å². The molecule has 0 aliphatic rings. The lowest BCUT2D eigenvalue weighted by Crippen LogP contribution is -2.19. The van der Waals surface area contributed by atoms with Gasteiger partial charge in [0.1, 0.15) is 12.4 Å². The van der Waals surface area contributed by atoms with Gasteiger partial charge >= 0.3 is 0 Å². The van der Waals surface area contributed by atoms with Gasteiger partial charge in [-0.25, -0.2) is 0 Å². The van der Waals surface area contributed by atoms with Crippen LogP contribution in [0.15, 0.2) is 30.9 Å². The highest BCUT2D eigenvalue weighted by Crippen LogP contribution is 2.24. The predicted octanol–water partition coefficient (Wildman–Crippen LogP) is 1.90. The second-order valence-corrected chi connectivity index (χ2v) is 3.82. The van der Waals surface area contributed by atoms with Crippen LogP contribution in [-0.4, -0.2) is 31.8 Å². The summed E-state index contributed by atoms with van der Waals surface area (Å²) in [5.74, 6) is 0.621. The second kappa shape index (κ2) is 8.23. The van der Waals surface area contributed by atoms with Crippen LogP contribution in [0.4, 0.5) is 5.69 Å². The summed E-state index contributed by atoms with van der Waals surface area (Å²) in [5, 5.41) is 13.9. The van der Waals surface area contributed by atoms with E-state index in [1.165, 1.54) is 12.1 Å². The molecule has 0 saturated carbocycles. The fraction of sp³-hybridized carbons (Fsp3) is 0.385. The molecule has 0 bridgehead atoms. The highest BCUT2D eigenvalue weighted by atomic mass is 16.6. The molecule has 0 aliphatic carbocycles. The molecule has 1 aromatic carbocycles. The number of benzene rings is 1. The molecule has 0 radical (unpaired) electrons. The van der Waals surface area contributed by atoms with Gasteiger partial charge in [-0.05, 0) is 6.07 Å². The minimum absolute atomic E-state index is 0.0505. The summed E-state index contributed by atoms with van der Waals surface area (Å²) in [5.41, 5.74) is 0.793. The molecule has 0 atom stereocenters. The van der Waals surface area contributed by atoms with Crippen LogP contribution >= 0.6 is 0 Å². The zero-order chi connectivity index (χ0) is 14.1. The van der Waals surface area contributed by atoms with E-state index in [1.807, 2.05) is 0 Å². The first kappa shape index (κ1) is 15.1. The Morgan fingerprint density at radius 2 is 2.32 bits per heavy atom. The van der Waals surface area contributed by atoms with Crippen LogP contribution in [0.5, 0.6) is 5.75 Å². The van der Waals surface area contributed by atoms with Gasteiger partial charge in [0.25, 0.3) is 5.69 Å². The van der Waals surface area contributed by atoms with Crippen LogP contribution in [0.1, 0.15) is 5.56 Å². The number of rotatable bonds is 9. The molecule has 0 aliphatic heterocycles. The Hall–Kier alpha value is -1.92. The lowest BCUT2D eigenvalue weighted by Gasteiger charge is -2.11. The van der Waals surface area contributed by atoms with Crippen molar-refractivity contribution in [1.82, 2.24) is 5.32 Å². The first-order chi connectivity index (χ1) is 9.19. The quantitative estimate of drug-likeness (QED) is 0.320. The minimum Gasteiger partial charge on any atom is -0.489 e. The van der Waals surface area contributed by atoms with E-state index in [9.17, 15) is 10.1 Å². The van der Waals surface area contributed by atoms with E-state index in [2.05, 4.69) is 11.9 Å². The maximum absolute atomic E-state index is 10.8. The highest BCUT2D eigenvalue weighted by molar-refractivity contribution is 5.43. The average Bonchev–Trinajstić information content (AvgIpc) is 2.41. The maximum atomic E-state index is 10.8. The van der Waals surface area contributed by atoms with E-state index in [0.717, 1.165) is 5.56 Å². The molecule has 1 rings (SSSR count). The normalized spacial score (nSPS) is 10.2. The lowest BCUT2D eigenvalue weighted by atomic mass is 10.1. The van der Waals surface area contributed by atoms with Crippen molar-refractivity contribution in [3.63, 3.8) is 0 Å². The second-order valence-electron chi connectivity index (χ2n) is 3.82. The summed E-state index contributed by atoms with van der Waals surface area (Å²) in [6.45, 7) is 5.67. The molecular weight excluding hydrogens is 248 g/mol. The van der Waals surface area contributed by atoms with E-state index >= 15 is 0 Å². The fourth-order valence-corrected chi connectivity index (χ4v) is 1.50. The van der Waals surface area contributed by atoms with Crippen molar-refractivity contribution < 1.29 is 14.4 Å². The smallest absolute Gasteiger partial charge is 0.270 e. The van der Waals surface area contributed by atoms with Crippen molar-refractivity contribution in [1.29, 1.82) is 0 Å². The molecule has 104 valence electrons. The molecule has 0 fully saturated rings. The van der Waals surface area contributed by atoms with Gasteiger partial charge in [0, 0.05) is 37.9 Å². The van der Waals surface area contributed by atoms with Gasteiger partial charge < -0.3 is 14.8 Å². The number of nitrogens with zero attached hydrogens (tertiary/aromatic N) is 1. The summed E-state index contributed by atoms with van der Waals surface area (Å²) in [6, 6.07) is 4.55. The van der Waals surface area contributed by atoms with E-state index in [0.29, 0.717) is 32.1 Å². The number of nitro benzene ring substituents is 1. The van der Waals surface area contributed by atoms with Crippen molar-refractivity contribution in [3.05, 3.63) is 46.5 Å². The molecule has 6 heteroatoms. The van der Waals surface area contributed by atoms with Crippen molar-refractivity contribution in [2.45, 2.75) is 6.54 Å². The van der Waals surface area contributed by atoms with Gasteiger partial charge in [0.2, 0.25) is 0 Å². The first-order valence-corrected chi connectivity index (χ1v) is 5.89. The van der Waals surface area contributed by atoms with E-state index in [4.69, 9.17) is 9.47 Å². The Morgan fingerprint density at radius 1 is 1.53 bits per heavy atom. The third-order valence-electron chi connectivity index (χ3n) is 2.41. The lowest BCUT2D eigenvalue weighted by molar-refractivity contribution is -0.384. The molecule has 0 saturated heterocycles. The van der Waals surface area contributed by atoms with Crippen molar-refractivity contribution >= 4 is 5.69 Å². The third kappa shape index (κ3) is 5.07. The average molecular weight is 266 g/mol. The molecule has 0 spiro atoms. The number of hydrogen-bond donors (Lipinski definition) is 1. The molecule has 19 heavy (non-hydrogen) atoms. The predicted molar refractivity (Wildman–Crippen MR) is 72.4 cm³/mol. The van der Waals surface area contributed by atoms with Crippen LogP contribution in [0.3, 0.4) is 0 Å². The van der Waals surface area contributed by atoms with Gasteiger partial charge in [0.05, 0.1) is 11.5 Å². The summed E-state index contributed by atoms with van der Waals surface area (Å²) < 4.78 is 10.4. The largest absolute Gasteiger partial charge is 0.489 e. The Morgan fingerprint density at radius 3 is 2.95 bits per heavy atom. The van der Waals surface area contributed by atoms with E-state index in [1.54, 1.807) is 19.3 Å². The molecule has 0 aromatic heterocycles. The van der Waals surface area contributed by atoms with E-state index < -0.39 is 4.92 Å². The molecule has 6 nitrogen and oxygen atoms in total. The summed E-state index contributed by atoms with van der Waals surface area (Å²) in [7, 11) is 1.62. The molecule has 0 amide bonds. The number of non-ortho nitro benzene ring substituents is 1. The van der Waals surface area contributed by atoms with E-state index in [-0.39, 0.29) is 5.69 Å². The summed E-state index contributed by atoms with van der Waals surface area (Å²) in [4.78, 5) is 10.3. The molecule has 0 unspecified atom stereocenters. The number of nitro groups is 1. The standard InChI is InChI=1S/C13H18N2O4/c1-3-7-19-13-5-4-12(15(16)17)9-11(13)10-14-6-8-18-2/h3-5,9,14H,1,6-8,10H2,2H3. The first-order valence-electron chi connectivity index (χ1n) is 5.89. The van der Waals surface area contributed by atoms with Gasteiger partial charge in [-0.1, -0.05) is 12.7 Å². The van der Waals surface area contributed by atoms with Gasteiger partial charge in [-0.2, -0.15) is 0 Å². The third-order valence-corrected chi connectivity index (χ3v) is 2.41. The summed E-state index contributed by atoms with van der Waals surface area (Å²) >= 11 is 0. The van der Waals surface area contributed by atoms with Gasteiger partial charge in [-0.3, -0.25) is 10.1 Å². The monoisotopic (exact) mass is 266 g/mol. The highest BCUT2D eigenvalue weighted by Gasteiger charge is 2.11. The zero-order valence-electron chi connectivity index (χ0n) is 10.9. The maximum Gasteiger partial charge on any atom is 0.270 e. The summed E-state index contributed by atoms with van der Waals surface area (Å²) in [6.07, 6.45) is 1.63. The van der Waals surface area contributed by atoms with Crippen LogP contribution in [-0.2, 0) is 11.3 Å². The van der Waals surface area contributed by atoms with Crippen molar-refractivity contribution in [2.75, 3.05) is 26.9 Å². The minimum atomic E-state index is -0.421. The zero-order valence-corrected chi connectivity index (χ0v) is 10.9. The SMILES string of the molecule is C=CCOc1ccc([N+](=O)[O-])cc1CNCCOC. The molecular formula is C13H18N2O4. The number of ether oxygens (including phenoxy) is 2.